The van der Waals surface area contributed by atoms with Crippen molar-refractivity contribution in [3.05, 3.63) is 12.1 Å². The van der Waals surface area contributed by atoms with E-state index in [1.807, 2.05) is 26.2 Å². The first-order valence-corrected chi connectivity index (χ1v) is 10.1. The van der Waals surface area contributed by atoms with E-state index in [0.717, 1.165) is 4.90 Å². The predicted molar refractivity (Wildman–Crippen MR) is 106 cm³/mol. The maximum Gasteiger partial charge on any atom is 0.329 e. The van der Waals surface area contributed by atoms with E-state index in [1.165, 1.54) is 11.8 Å². The molecule has 2 amide bonds. The molecule has 150 valence electrons. The zero-order chi connectivity index (χ0) is 20.2. The molecule has 8 heteroatoms. The van der Waals surface area contributed by atoms with Gasteiger partial charge in [0.2, 0.25) is 0 Å². The summed E-state index contributed by atoms with van der Waals surface area (Å²) in [7, 11) is 0. The fourth-order valence-electron chi connectivity index (χ4n) is 2.50. The molecule has 0 radical (unpaired) electrons. The van der Waals surface area contributed by atoms with Crippen molar-refractivity contribution >= 4 is 29.4 Å². The molecule has 0 saturated carbocycles. The van der Waals surface area contributed by atoms with E-state index in [2.05, 4.69) is 10.6 Å². The molecule has 0 spiro atoms. The van der Waals surface area contributed by atoms with E-state index in [-0.39, 0.29) is 5.92 Å². The Morgan fingerprint density at radius 3 is 2.26 bits per heavy atom. The fraction of sp³-hybridized carbons (Fsp3) is 0.579. The van der Waals surface area contributed by atoms with Gasteiger partial charge in [0.05, 0.1) is 5.69 Å². The molecule has 27 heavy (non-hydrogen) atoms. The fourth-order valence-corrected chi connectivity index (χ4v) is 3.05. The van der Waals surface area contributed by atoms with Gasteiger partial charge in [-0.2, -0.15) is 0 Å². The molecule has 1 aromatic rings. The monoisotopic (exact) mass is 396 g/mol. The number of carbonyl (C=O) groups is 2. The van der Waals surface area contributed by atoms with Gasteiger partial charge in [-0.1, -0.05) is 13.8 Å². The molecule has 7 nitrogen and oxygen atoms in total. The van der Waals surface area contributed by atoms with Crippen LogP contribution >= 0.6 is 11.8 Å². The van der Waals surface area contributed by atoms with Crippen molar-refractivity contribution in [2.45, 2.75) is 51.2 Å². The molecule has 1 atom stereocenters. The molecule has 0 aromatic heterocycles. The van der Waals surface area contributed by atoms with Crippen LogP contribution in [-0.4, -0.2) is 43.1 Å². The zero-order valence-corrected chi connectivity index (χ0v) is 17.5. The lowest BCUT2D eigenvalue weighted by Gasteiger charge is -2.27. The third-order valence-corrected chi connectivity index (χ3v) is 4.50. The number of thioether (sulfide) groups is 1. The first-order valence-electron chi connectivity index (χ1n) is 8.88. The molecule has 0 bridgehead atoms. The van der Waals surface area contributed by atoms with Crippen molar-refractivity contribution in [1.29, 1.82) is 0 Å². The van der Waals surface area contributed by atoms with Gasteiger partial charge in [-0.25, -0.2) is 9.59 Å². The molecule has 0 aliphatic carbocycles. The molecule has 0 saturated heterocycles. The Morgan fingerprint density at radius 1 is 1.15 bits per heavy atom. The first-order chi connectivity index (χ1) is 12.6. The summed E-state index contributed by atoms with van der Waals surface area (Å²) in [5.74, 6) is 0.665. The van der Waals surface area contributed by atoms with Gasteiger partial charge in [0.25, 0.3) is 0 Å². The Balaban J connectivity index is 2.12. The van der Waals surface area contributed by atoms with Crippen LogP contribution < -0.4 is 20.1 Å². The predicted octanol–water partition coefficient (Wildman–Crippen LogP) is 3.67. The normalized spacial score (nSPS) is 14.5. The molecule has 1 aliphatic heterocycles. The second kappa shape index (κ2) is 8.73. The Kier molecular flexibility index (Phi) is 6.86. The Morgan fingerprint density at radius 2 is 1.74 bits per heavy atom. The van der Waals surface area contributed by atoms with Gasteiger partial charge in [-0.3, -0.25) is 0 Å². The molecule has 1 aliphatic rings. The highest BCUT2D eigenvalue weighted by molar-refractivity contribution is 7.98. The number of esters is 1. The number of hydrogen-bond acceptors (Lipinski definition) is 6. The number of carbonyl (C=O) groups excluding carboxylic acids is 2. The van der Waals surface area contributed by atoms with Crippen LogP contribution in [0.2, 0.25) is 0 Å². The van der Waals surface area contributed by atoms with E-state index in [4.69, 9.17) is 14.2 Å². The van der Waals surface area contributed by atoms with Crippen molar-refractivity contribution in [2.75, 3.05) is 24.8 Å². The van der Waals surface area contributed by atoms with Crippen molar-refractivity contribution in [3.8, 4) is 11.5 Å². The first kappa shape index (κ1) is 21.2. The van der Waals surface area contributed by atoms with Gasteiger partial charge in [0.1, 0.15) is 24.9 Å². The van der Waals surface area contributed by atoms with Crippen LogP contribution in [0.4, 0.5) is 10.5 Å². The van der Waals surface area contributed by atoms with Gasteiger partial charge in [-0.15, -0.1) is 11.8 Å². The minimum atomic E-state index is -0.751. The number of ether oxygens (including phenoxy) is 3. The molecule has 1 heterocycles. The summed E-state index contributed by atoms with van der Waals surface area (Å²) in [4.78, 5) is 25.8. The number of rotatable bonds is 5. The van der Waals surface area contributed by atoms with Gasteiger partial charge in [0, 0.05) is 11.0 Å². The lowest BCUT2D eigenvalue weighted by molar-refractivity contribution is -0.158. The minimum absolute atomic E-state index is 0.120. The molecular formula is C19H28N2O5S. The summed E-state index contributed by atoms with van der Waals surface area (Å²) in [5.41, 5.74) is -0.0273. The second-order valence-electron chi connectivity index (χ2n) is 7.55. The van der Waals surface area contributed by atoms with Gasteiger partial charge in [-0.05, 0) is 39.0 Å². The second-order valence-corrected chi connectivity index (χ2v) is 8.40. The van der Waals surface area contributed by atoms with Crippen molar-refractivity contribution < 1.29 is 23.8 Å². The molecule has 2 N–H and O–H groups in total. The van der Waals surface area contributed by atoms with Crippen LogP contribution in [0.15, 0.2) is 17.0 Å². The summed E-state index contributed by atoms with van der Waals surface area (Å²) < 4.78 is 16.6. The summed E-state index contributed by atoms with van der Waals surface area (Å²) in [5, 5.41) is 5.51. The van der Waals surface area contributed by atoms with Crippen molar-refractivity contribution in [1.82, 2.24) is 5.32 Å². The Labute approximate surface area is 164 Å². The number of nitrogens with one attached hydrogen (secondary N) is 2. The van der Waals surface area contributed by atoms with Crippen LogP contribution in [0, 0.1) is 5.92 Å². The number of urea groups is 1. The van der Waals surface area contributed by atoms with Crippen LogP contribution in [0.25, 0.3) is 0 Å². The lowest BCUT2D eigenvalue weighted by Crippen LogP contribution is -2.48. The number of benzene rings is 1. The van der Waals surface area contributed by atoms with E-state index >= 15 is 0 Å². The summed E-state index contributed by atoms with van der Waals surface area (Å²) >= 11 is 1.48. The van der Waals surface area contributed by atoms with Crippen LogP contribution in [-0.2, 0) is 9.53 Å². The number of amides is 2. The highest BCUT2D eigenvalue weighted by atomic mass is 32.2. The molecular weight excluding hydrogens is 368 g/mol. The van der Waals surface area contributed by atoms with Gasteiger partial charge in [0.15, 0.2) is 11.5 Å². The maximum absolute atomic E-state index is 12.5. The van der Waals surface area contributed by atoms with E-state index in [1.54, 1.807) is 26.8 Å². The quantitative estimate of drug-likeness (QED) is 0.583. The standard InChI is InChI=1S/C19H28N2O5S/c1-11(2)16(17(22)26-19(3,4)5)21-18(23)20-12-9-13-14(10-15(12)27-6)25-8-7-24-13/h9-11,16H,7-8H2,1-6H3,(H2,20,21,23)/t16-/m0/s1. The van der Waals surface area contributed by atoms with E-state index in [9.17, 15) is 9.59 Å². The minimum Gasteiger partial charge on any atom is -0.486 e. The summed E-state index contributed by atoms with van der Waals surface area (Å²) in [6.07, 6.45) is 1.91. The van der Waals surface area contributed by atoms with Gasteiger partial charge < -0.3 is 24.8 Å². The van der Waals surface area contributed by atoms with Crippen LogP contribution in [0.3, 0.4) is 0 Å². The lowest BCUT2D eigenvalue weighted by atomic mass is 10.0. The van der Waals surface area contributed by atoms with E-state index < -0.39 is 23.6 Å². The van der Waals surface area contributed by atoms with Crippen molar-refractivity contribution in [3.63, 3.8) is 0 Å². The maximum atomic E-state index is 12.5. The third-order valence-electron chi connectivity index (χ3n) is 3.73. The average molecular weight is 397 g/mol. The molecule has 2 rings (SSSR count). The SMILES string of the molecule is CSc1cc2c(cc1NC(=O)N[C@H](C(=O)OC(C)(C)C)C(C)C)OCCO2. The zero-order valence-electron chi connectivity index (χ0n) is 16.7. The van der Waals surface area contributed by atoms with Crippen LogP contribution in [0.5, 0.6) is 11.5 Å². The highest BCUT2D eigenvalue weighted by Crippen LogP contribution is 2.39. The average Bonchev–Trinajstić information content (AvgIpc) is 2.57. The molecule has 0 unspecified atom stereocenters. The number of fused-ring (bicyclic) bond motifs is 1. The smallest absolute Gasteiger partial charge is 0.329 e. The van der Waals surface area contributed by atoms with Crippen molar-refractivity contribution in [2.24, 2.45) is 5.92 Å². The van der Waals surface area contributed by atoms with Crippen LogP contribution in [0.1, 0.15) is 34.6 Å². The molecule has 0 fully saturated rings. The largest absolute Gasteiger partial charge is 0.486 e. The topological polar surface area (TPSA) is 85.9 Å². The summed E-state index contributed by atoms with van der Waals surface area (Å²) in [6.45, 7) is 10.1. The van der Waals surface area contributed by atoms with Gasteiger partial charge >= 0.3 is 12.0 Å². The number of hydrogen-bond donors (Lipinski definition) is 2. The summed E-state index contributed by atoms with van der Waals surface area (Å²) in [6, 6.07) is 2.34. The third kappa shape index (κ3) is 5.95. The highest BCUT2D eigenvalue weighted by Gasteiger charge is 2.29. The number of anilines is 1. The molecule has 1 aromatic carbocycles. The van der Waals surface area contributed by atoms with E-state index in [0.29, 0.717) is 30.4 Å². The Bertz CT molecular complexity index is 700. The Hall–Kier alpha value is -2.09.